The van der Waals surface area contributed by atoms with Crippen LogP contribution < -0.4 is 4.83 Å². The van der Waals surface area contributed by atoms with Crippen molar-refractivity contribution in [2.24, 2.45) is 0 Å². The van der Waals surface area contributed by atoms with Gasteiger partial charge in [-0.3, -0.25) is 0 Å². The maximum atomic E-state index is 11.1. The summed E-state index contributed by atoms with van der Waals surface area (Å²) in [6, 6.07) is 0. The first-order chi connectivity index (χ1) is 6.33. The van der Waals surface area contributed by atoms with E-state index in [1.807, 2.05) is 0 Å². The Morgan fingerprint density at radius 1 is 1.21 bits per heavy atom. The molecule has 7 heteroatoms. The molecule has 0 spiro atoms. The smallest absolute Gasteiger partial charge is 0.441 e. The molecule has 2 N–H and O–H groups in total. The van der Waals surface area contributed by atoms with E-state index in [0.29, 0.717) is 19.6 Å². The van der Waals surface area contributed by atoms with E-state index in [4.69, 9.17) is 5.11 Å². The second-order valence-electron chi connectivity index (χ2n) is 2.95. The van der Waals surface area contributed by atoms with Crippen LogP contribution in [0.15, 0.2) is 0 Å². The molecule has 0 aliphatic carbocycles. The van der Waals surface area contributed by atoms with Crippen LogP contribution in [0.2, 0.25) is 0 Å². The number of carbonyl (C=O) groups is 1. The Bertz CT molecular complexity index is 287. The first kappa shape index (κ1) is 13.3. The van der Waals surface area contributed by atoms with E-state index < -0.39 is 15.3 Å². The van der Waals surface area contributed by atoms with Crippen LogP contribution in [-0.2, 0) is 10.0 Å². The van der Waals surface area contributed by atoms with Crippen LogP contribution in [-0.4, -0.2) is 43.1 Å². The Hall–Kier alpha value is -0.660. The van der Waals surface area contributed by atoms with Crippen molar-refractivity contribution in [3.8, 4) is 0 Å². The van der Waals surface area contributed by atoms with Gasteiger partial charge in [-0.2, -0.15) is 8.42 Å². The summed E-state index contributed by atoms with van der Waals surface area (Å²) in [6.45, 7) is 6.95. The lowest BCUT2D eigenvalue weighted by molar-refractivity contribution is -0.951. The normalized spacial score (nSPS) is 12.8. The number of carboxylic acid groups (broad SMARTS) is 1. The first-order valence-electron chi connectivity index (χ1n) is 4.46. The summed E-state index contributed by atoms with van der Waals surface area (Å²) in [6.07, 6.45) is 0. The average molecular weight is 225 g/mol. The van der Waals surface area contributed by atoms with Gasteiger partial charge in [0.25, 0.3) is 0 Å². The topological polar surface area (TPSA) is 83.5 Å². The highest BCUT2D eigenvalue weighted by atomic mass is 32.2. The molecule has 0 unspecified atom stereocenters. The number of hydrogen-bond donors (Lipinski definition) is 2. The predicted molar refractivity (Wildman–Crippen MR) is 52.0 cm³/mol. The van der Waals surface area contributed by atoms with Crippen LogP contribution in [0, 0.1) is 0 Å². The molecule has 0 bridgehead atoms. The molecule has 0 aromatic heterocycles. The van der Waals surface area contributed by atoms with Crippen molar-refractivity contribution >= 4 is 15.3 Å². The van der Waals surface area contributed by atoms with Gasteiger partial charge in [0, 0.05) is 0 Å². The monoisotopic (exact) mass is 225 g/mol. The molecule has 6 nitrogen and oxygen atoms in total. The molecule has 0 aliphatic heterocycles. The average Bonchev–Trinajstić information content (AvgIpc) is 2.14. The molecule has 0 saturated carbocycles. The van der Waals surface area contributed by atoms with Crippen molar-refractivity contribution in [1.82, 2.24) is 4.83 Å². The van der Waals surface area contributed by atoms with Gasteiger partial charge in [-0.25, -0.2) is 9.39 Å². The maximum absolute atomic E-state index is 11.1. The Balaban J connectivity index is 4.87. The Morgan fingerprint density at radius 3 is 1.79 bits per heavy atom. The highest BCUT2D eigenvalue weighted by Gasteiger charge is 2.33. The van der Waals surface area contributed by atoms with Gasteiger partial charge in [-0.15, -0.1) is 0 Å². The summed E-state index contributed by atoms with van der Waals surface area (Å²) >= 11 is 0. The van der Waals surface area contributed by atoms with E-state index in [1.165, 1.54) is 0 Å². The molecule has 0 aromatic carbocycles. The van der Waals surface area contributed by atoms with Gasteiger partial charge in [-0.05, 0) is 25.6 Å². The molecule has 0 radical (unpaired) electrons. The first-order valence-corrected chi connectivity index (χ1v) is 5.95. The zero-order chi connectivity index (χ0) is 11.4. The van der Waals surface area contributed by atoms with E-state index in [-0.39, 0.29) is 4.59 Å². The van der Waals surface area contributed by atoms with Crippen LogP contribution in [0.25, 0.3) is 0 Å². The largest absolute Gasteiger partial charge is 0.469 e. The molecule has 0 saturated heterocycles. The van der Waals surface area contributed by atoms with Crippen LogP contribution in [0.4, 0.5) is 4.79 Å². The lowest BCUT2D eigenvalue weighted by atomic mass is 10.5. The molecule has 0 amide bonds. The number of rotatable bonds is 5. The summed E-state index contributed by atoms with van der Waals surface area (Å²) in [5, 5.41) is 6.59. The quantitative estimate of drug-likeness (QED) is 0.523. The molecule has 0 fully saturated rings. The van der Waals surface area contributed by atoms with Crippen LogP contribution in [0.5, 0.6) is 0 Å². The van der Waals surface area contributed by atoms with Gasteiger partial charge in [0.15, 0.2) is 0 Å². The van der Waals surface area contributed by atoms with Crippen LogP contribution >= 0.6 is 0 Å². The fraction of sp³-hybridized carbons (Fsp3) is 0.857. The summed E-state index contributed by atoms with van der Waals surface area (Å²) in [5.74, 6) is 0. The number of nitrogens with one attached hydrogen (secondary N) is 1. The highest BCUT2D eigenvalue weighted by Crippen LogP contribution is 2.03. The number of nitrogens with zero attached hydrogens (tertiary/aromatic N) is 1. The minimum absolute atomic E-state index is 0.0502. The summed E-state index contributed by atoms with van der Waals surface area (Å²) in [5.41, 5.74) is 0. The SMILES string of the molecule is CC[N+](CC)(CC)NS(=O)(=O)C(=O)O. The van der Waals surface area contributed by atoms with E-state index in [0.717, 1.165) is 0 Å². The standard InChI is InChI=1S/C7H16N2O4S/c1-4-9(5-2,6-3)8-14(12,13)7(10)11/h8H,4-6H2,1-3H3/p+1. The van der Waals surface area contributed by atoms with E-state index in [1.54, 1.807) is 20.8 Å². The zero-order valence-electron chi connectivity index (χ0n) is 8.65. The van der Waals surface area contributed by atoms with Crippen molar-refractivity contribution in [3.05, 3.63) is 0 Å². The van der Waals surface area contributed by atoms with Gasteiger partial charge in [-0.1, -0.05) is 0 Å². The Morgan fingerprint density at radius 2 is 1.57 bits per heavy atom. The van der Waals surface area contributed by atoms with E-state index >= 15 is 0 Å². The predicted octanol–water partition coefficient (Wildman–Crippen LogP) is 0.375. The second-order valence-corrected chi connectivity index (χ2v) is 4.49. The third kappa shape index (κ3) is 2.93. The summed E-state index contributed by atoms with van der Waals surface area (Å²) in [4.78, 5) is 12.6. The Kier molecular flexibility index (Phi) is 4.50. The van der Waals surface area contributed by atoms with Gasteiger partial charge in [0.05, 0.1) is 19.6 Å². The van der Waals surface area contributed by atoms with Crippen molar-refractivity contribution in [3.63, 3.8) is 0 Å². The minimum atomic E-state index is -4.25. The van der Waals surface area contributed by atoms with Gasteiger partial charge < -0.3 is 5.11 Å². The van der Waals surface area contributed by atoms with Crippen LogP contribution in [0.1, 0.15) is 20.8 Å². The van der Waals surface area contributed by atoms with Crippen molar-refractivity contribution < 1.29 is 22.9 Å². The highest BCUT2D eigenvalue weighted by molar-refractivity contribution is 8.03. The molecule has 14 heavy (non-hydrogen) atoms. The molecule has 0 atom stereocenters. The number of quaternary nitrogens is 1. The van der Waals surface area contributed by atoms with Crippen molar-refractivity contribution in [2.45, 2.75) is 20.8 Å². The maximum Gasteiger partial charge on any atom is 0.441 e. The van der Waals surface area contributed by atoms with Gasteiger partial charge in [0.1, 0.15) is 0 Å². The molecule has 0 heterocycles. The molecule has 84 valence electrons. The third-order valence-corrected chi connectivity index (χ3v) is 3.45. The third-order valence-electron chi connectivity index (χ3n) is 2.36. The fourth-order valence-corrected chi connectivity index (χ4v) is 2.13. The second kappa shape index (κ2) is 4.72. The van der Waals surface area contributed by atoms with E-state index in [2.05, 4.69) is 4.83 Å². The fourth-order valence-electron chi connectivity index (χ4n) is 1.16. The lowest BCUT2D eigenvalue weighted by Crippen LogP contribution is -2.60. The lowest BCUT2D eigenvalue weighted by Gasteiger charge is -2.33. The zero-order valence-corrected chi connectivity index (χ0v) is 9.47. The minimum Gasteiger partial charge on any atom is -0.469 e. The molecule has 0 aromatic rings. The number of hydrogen-bond acceptors (Lipinski definition) is 3. The van der Waals surface area contributed by atoms with Crippen molar-refractivity contribution in [2.75, 3.05) is 19.6 Å². The van der Waals surface area contributed by atoms with Crippen molar-refractivity contribution in [1.29, 1.82) is 0 Å². The van der Waals surface area contributed by atoms with E-state index in [9.17, 15) is 13.2 Å². The molecule has 0 rings (SSSR count). The van der Waals surface area contributed by atoms with Gasteiger partial charge in [0.2, 0.25) is 0 Å². The summed E-state index contributed by atoms with van der Waals surface area (Å²) < 4.78 is 22.2. The summed E-state index contributed by atoms with van der Waals surface area (Å²) in [7, 11) is -4.25. The molecular formula is C7H17N2O4S+. The molecule has 0 aliphatic rings. The molecular weight excluding hydrogens is 208 g/mol. The Labute approximate surface area is 84.1 Å². The van der Waals surface area contributed by atoms with Crippen LogP contribution in [0.3, 0.4) is 0 Å². The van der Waals surface area contributed by atoms with Gasteiger partial charge >= 0.3 is 15.3 Å². The number of sulfonamides is 1.